The number of aliphatic hydroxyl groups excluding tert-OH is 1. The average Bonchev–Trinajstić information content (AvgIpc) is 2.94. The molecule has 1 fully saturated rings. The normalized spacial score (nSPS) is 27.7. The van der Waals surface area contributed by atoms with Crippen LogP contribution in [0.25, 0.3) is 0 Å². The van der Waals surface area contributed by atoms with Gasteiger partial charge in [0.15, 0.2) is 6.10 Å². The molecule has 2 amide bonds. The highest BCUT2D eigenvalue weighted by atomic mass is 19.1. The van der Waals surface area contributed by atoms with Crippen molar-refractivity contribution in [1.29, 1.82) is 0 Å². The monoisotopic (exact) mass is 293 g/mol. The standard InChI is InChI=1S/C14H16FN3O3/c1-14(13(16)21)2-3-18(6-14)10-5-9-7(4-8(10)15)11(19)12(20)17-9/h4-5,11,19H,2-3,6H2,1H3,(H2,16,21)(H,17,20). The summed E-state index contributed by atoms with van der Waals surface area (Å²) >= 11 is 0. The molecule has 112 valence electrons. The minimum atomic E-state index is -1.34. The maximum absolute atomic E-state index is 14.2. The topological polar surface area (TPSA) is 95.7 Å². The van der Waals surface area contributed by atoms with Crippen LogP contribution in [0.15, 0.2) is 12.1 Å². The molecular formula is C14H16FN3O3. The second-order valence-electron chi connectivity index (χ2n) is 5.88. The number of carbonyl (C=O) groups excluding carboxylic acids is 2. The van der Waals surface area contributed by atoms with E-state index in [2.05, 4.69) is 5.32 Å². The van der Waals surface area contributed by atoms with E-state index >= 15 is 0 Å². The van der Waals surface area contributed by atoms with Gasteiger partial charge < -0.3 is 21.1 Å². The van der Waals surface area contributed by atoms with Crippen LogP contribution in [0.1, 0.15) is 25.0 Å². The summed E-state index contributed by atoms with van der Waals surface area (Å²) in [7, 11) is 0. The van der Waals surface area contributed by atoms with Crippen molar-refractivity contribution >= 4 is 23.2 Å². The van der Waals surface area contributed by atoms with Crippen molar-refractivity contribution in [2.75, 3.05) is 23.3 Å². The van der Waals surface area contributed by atoms with E-state index < -0.39 is 29.2 Å². The zero-order valence-corrected chi connectivity index (χ0v) is 11.5. The molecule has 1 saturated heterocycles. The molecule has 0 saturated carbocycles. The Balaban J connectivity index is 1.94. The predicted octanol–water partition coefficient (Wildman–Crippen LogP) is 0.513. The van der Waals surface area contributed by atoms with Crippen LogP contribution in [-0.2, 0) is 9.59 Å². The molecule has 0 radical (unpaired) electrons. The molecule has 2 heterocycles. The van der Waals surface area contributed by atoms with E-state index in [1.54, 1.807) is 11.8 Å². The number of benzene rings is 1. The van der Waals surface area contributed by atoms with Crippen LogP contribution in [0.4, 0.5) is 15.8 Å². The van der Waals surface area contributed by atoms with Gasteiger partial charge in [0.25, 0.3) is 5.91 Å². The first-order chi connectivity index (χ1) is 9.82. The summed E-state index contributed by atoms with van der Waals surface area (Å²) in [5, 5.41) is 12.1. The molecule has 0 bridgehead atoms. The number of anilines is 2. The lowest BCUT2D eigenvalue weighted by Gasteiger charge is -2.23. The van der Waals surface area contributed by atoms with Crippen LogP contribution in [-0.4, -0.2) is 30.0 Å². The van der Waals surface area contributed by atoms with E-state index in [4.69, 9.17) is 5.73 Å². The van der Waals surface area contributed by atoms with Gasteiger partial charge in [-0.25, -0.2) is 4.39 Å². The van der Waals surface area contributed by atoms with Crippen LogP contribution in [0, 0.1) is 11.2 Å². The fraction of sp³-hybridized carbons (Fsp3) is 0.429. The van der Waals surface area contributed by atoms with Crippen molar-refractivity contribution < 1.29 is 19.1 Å². The number of hydrogen-bond donors (Lipinski definition) is 3. The Morgan fingerprint density at radius 3 is 2.90 bits per heavy atom. The van der Waals surface area contributed by atoms with Crippen molar-refractivity contribution in [3.63, 3.8) is 0 Å². The van der Waals surface area contributed by atoms with Crippen molar-refractivity contribution in [2.24, 2.45) is 11.1 Å². The molecule has 4 N–H and O–H groups in total. The molecule has 7 heteroatoms. The lowest BCUT2D eigenvalue weighted by molar-refractivity contribution is -0.125. The van der Waals surface area contributed by atoms with Crippen molar-refractivity contribution in [3.8, 4) is 0 Å². The molecule has 0 aliphatic carbocycles. The summed E-state index contributed by atoms with van der Waals surface area (Å²) in [5.41, 5.74) is 5.63. The number of nitrogens with zero attached hydrogens (tertiary/aromatic N) is 1. The van der Waals surface area contributed by atoms with Crippen LogP contribution < -0.4 is 16.0 Å². The first kappa shape index (κ1) is 13.8. The first-order valence-corrected chi connectivity index (χ1v) is 6.69. The number of fused-ring (bicyclic) bond motifs is 1. The minimum Gasteiger partial charge on any atom is -0.378 e. The third kappa shape index (κ3) is 2.04. The number of amides is 2. The maximum atomic E-state index is 14.2. The van der Waals surface area contributed by atoms with Gasteiger partial charge in [-0.1, -0.05) is 0 Å². The SMILES string of the molecule is CC1(C(N)=O)CCN(c2cc3c(cc2F)C(O)C(=O)N3)C1. The van der Waals surface area contributed by atoms with Gasteiger partial charge in [-0.2, -0.15) is 0 Å². The van der Waals surface area contributed by atoms with Crippen LogP contribution in [0.3, 0.4) is 0 Å². The van der Waals surface area contributed by atoms with Crippen LogP contribution in [0.5, 0.6) is 0 Å². The number of rotatable bonds is 2. The Labute approximate surface area is 120 Å². The smallest absolute Gasteiger partial charge is 0.257 e. The Kier molecular flexibility index (Phi) is 2.91. The Hall–Kier alpha value is -2.15. The fourth-order valence-corrected chi connectivity index (χ4v) is 2.86. The highest BCUT2D eigenvalue weighted by Crippen LogP contribution is 2.39. The number of hydrogen-bond acceptors (Lipinski definition) is 4. The summed E-state index contributed by atoms with van der Waals surface area (Å²) in [5.74, 6) is -1.50. The number of primary amides is 1. The molecule has 0 spiro atoms. The van der Waals surface area contributed by atoms with E-state index in [-0.39, 0.29) is 5.56 Å². The minimum absolute atomic E-state index is 0.234. The zero-order chi connectivity index (χ0) is 15.4. The summed E-state index contributed by atoms with van der Waals surface area (Å²) in [6, 6.07) is 2.65. The number of carbonyl (C=O) groups is 2. The second kappa shape index (κ2) is 4.42. The van der Waals surface area contributed by atoms with Gasteiger partial charge in [0, 0.05) is 24.3 Å². The Morgan fingerprint density at radius 2 is 2.29 bits per heavy atom. The number of aliphatic hydroxyl groups is 1. The van der Waals surface area contributed by atoms with E-state index in [0.717, 1.165) is 6.07 Å². The number of nitrogens with two attached hydrogens (primary N) is 1. The van der Waals surface area contributed by atoms with Gasteiger partial charge >= 0.3 is 0 Å². The first-order valence-electron chi connectivity index (χ1n) is 6.69. The average molecular weight is 293 g/mol. The van der Waals surface area contributed by atoms with Gasteiger partial charge in [-0.15, -0.1) is 0 Å². The molecule has 1 aromatic rings. The second-order valence-corrected chi connectivity index (χ2v) is 5.88. The summed E-state index contributed by atoms with van der Waals surface area (Å²) < 4.78 is 14.2. The molecule has 2 aliphatic heterocycles. The summed E-state index contributed by atoms with van der Waals surface area (Å²) in [4.78, 5) is 24.6. The lowest BCUT2D eigenvalue weighted by Crippen LogP contribution is -2.37. The van der Waals surface area contributed by atoms with E-state index in [9.17, 15) is 19.1 Å². The van der Waals surface area contributed by atoms with E-state index in [0.29, 0.717) is 30.9 Å². The van der Waals surface area contributed by atoms with Crippen LogP contribution >= 0.6 is 0 Å². The maximum Gasteiger partial charge on any atom is 0.257 e. The summed E-state index contributed by atoms with van der Waals surface area (Å²) in [6.07, 6.45) is -0.786. The fourth-order valence-electron chi connectivity index (χ4n) is 2.86. The largest absolute Gasteiger partial charge is 0.378 e. The van der Waals surface area contributed by atoms with Crippen molar-refractivity contribution in [3.05, 3.63) is 23.5 Å². The molecule has 2 unspecified atom stereocenters. The summed E-state index contributed by atoms with van der Waals surface area (Å²) in [6.45, 7) is 2.59. The highest BCUT2D eigenvalue weighted by Gasteiger charge is 2.40. The molecule has 0 aromatic heterocycles. The molecule has 6 nitrogen and oxygen atoms in total. The highest BCUT2D eigenvalue weighted by molar-refractivity contribution is 6.02. The molecule has 2 aliphatic rings. The quantitative estimate of drug-likeness (QED) is 0.740. The van der Waals surface area contributed by atoms with E-state index in [1.165, 1.54) is 6.07 Å². The third-order valence-electron chi connectivity index (χ3n) is 4.33. The van der Waals surface area contributed by atoms with Gasteiger partial charge in [0.1, 0.15) is 5.82 Å². The molecule has 1 aromatic carbocycles. The Morgan fingerprint density at radius 1 is 1.57 bits per heavy atom. The van der Waals surface area contributed by atoms with Gasteiger partial charge in [-0.05, 0) is 25.5 Å². The van der Waals surface area contributed by atoms with Crippen LogP contribution in [0.2, 0.25) is 0 Å². The van der Waals surface area contributed by atoms with Crippen molar-refractivity contribution in [2.45, 2.75) is 19.4 Å². The number of halogens is 1. The Bertz CT molecular complexity index is 649. The van der Waals surface area contributed by atoms with Gasteiger partial charge in [0.2, 0.25) is 5.91 Å². The molecular weight excluding hydrogens is 277 g/mol. The predicted molar refractivity (Wildman–Crippen MR) is 74.1 cm³/mol. The lowest BCUT2D eigenvalue weighted by atomic mass is 9.89. The van der Waals surface area contributed by atoms with Crippen molar-refractivity contribution in [1.82, 2.24) is 0 Å². The molecule has 2 atom stereocenters. The molecule has 3 rings (SSSR count). The van der Waals surface area contributed by atoms with E-state index in [1.807, 2.05) is 0 Å². The van der Waals surface area contributed by atoms with Gasteiger partial charge in [-0.3, -0.25) is 9.59 Å². The molecule has 21 heavy (non-hydrogen) atoms. The third-order valence-corrected chi connectivity index (χ3v) is 4.33. The van der Waals surface area contributed by atoms with Gasteiger partial charge in [0.05, 0.1) is 11.1 Å². The zero-order valence-electron chi connectivity index (χ0n) is 11.5. The number of nitrogens with one attached hydrogen (secondary N) is 1.